The van der Waals surface area contributed by atoms with Gasteiger partial charge in [0.25, 0.3) is 0 Å². The van der Waals surface area contributed by atoms with Crippen LogP contribution in [0.2, 0.25) is 0 Å². The van der Waals surface area contributed by atoms with Crippen LogP contribution in [-0.4, -0.2) is 19.3 Å². The molecule has 3 aromatic rings. The second kappa shape index (κ2) is 4.27. The number of nitrogens with zero attached hydrogens (tertiary/aromatic N) is 4. The van der Waals surface area contributed by atoms with Gasteiger partial charge in [-0.1, -0.05) is 12.1 Å². The van der Waals surface area contributed by atoms with E-state index in [9.17, 15) is 0 Å². The van der Waals surface area contributed by atoms with E-state index in [1.165, 1.54) is 0 Å². The molecule has 1 atom stereocenters. The van der Waals surface area contributed by atoms with Gasteiger partial charge in [0.2, 0.25) is 0 Å². The smallest absolute Gasteiger partial charge is 0.0958 e. The van der Waals surface area contributed by atoms with Crippen molar-refractivity contribution < 1.29 is 0 Å². The summed E-state index contributed by atoms with van der Waals surface area (Å²) in [4.78, 5) is 4.35. The summed E-state index contributed by atoms with van der Waals surface area (Å²) in [6, 6.07) is 9.87. The van der Waals surface area contributed by atoms with Gasteiger partial charge in [0, 0.05) is 19.8 Å². The fourth-order valence-corrected chi connectivity index (χ4v) is 2.09. The van der Waals surface area contributed by atoms with Crippen molar-refractivity contribution in [3.8, 4) is 0 Å². The molecule has 2 aromatic heterocycles. The molecule has 0 bridgehead atoms. The molecule has 0 spiro atoms. The Labute approximate surface area is 105 Å². The van der Waals surface area contributed by atoms with Crippen molar-refractivity contribution in [2.75, 3.05) is 0 Å². The number of aryl methyl sites for hydroxylation is 1. The first-order chi connectivity index (χ1) is 8.74. The Morgan fingerprint density at radius 1 is 1.28 bits per heavy atom. The van der Waals surface area contributed by atoms with Crippen molar-refractivity contribution in [3.63, 3.8) is 0 Å². The second-order valence-corrected chi connectivity index (χ2v) is 4.41. The van der Waals surface area contributed by atoms with Gasteiger partial charge in [0.15, 0.2) is 0 Å². The first kappa shape index (κ1) is 11.0. The number of fused-ring (bicyclic) bond motifs is 1. The second-order valence-electron chi connectivity index (χ2n) is 4.41. The van der Waals surface area contributed by atoms with E-state index in [1.807, 2.05) is 49.9 Å². The number of imidazole rings is 1. The molecule has 0 aliphatic carbocycles. The van der Waals surface area contributed by atoms with E-state index < -0.39 is 0 Å². The summed E-state index contributed by atoms with van der Waals surface area (Å²) in [5.74, 6) is 0. The molecule has 1 aromatic carbocycles. The minimum absolute atomic E-state index is 0.121. The maximum Gasteiger partial charge on any atom is 0.0958 e. The monoisotopic (exact) mass is 241 g/mol. The SMILES string of the molecule is Cn1ccc(C(N)Cn2cnc3ccccc32)n1. The van der Waals surface area contributed by atoms with Crippen molar-refractivity contribution in [3.05, 3.63) is 48.5 Å². The third-order valence-electron chi connectivity index (χ3n) is 3.03. The Balaban J connectivity index is 1.88. The molecular formula is C13H15N5. The van der Waals surface area contributed by atoms with Crippen LogP contribution in [0.15, 0.2) is 42.9 Å². The van der Waals surface area contributed by atoms with Crippen molar-refractivity contribution in [2.24, 2.45) is 12.8 Å². The summed E-state index contributed by atoms with van der Waals surface area (Å²) in [5, 5.41) is 4.33. The number of nitrogens with two attached hydrogens (primary N) is 1. The summed E-state index contributed by atoms with van der Waals surface area (Å²) >= 11 is 0. The van der Waals surface area contributed by atoms with Crippen LogP contribution in [0.25, 0.3) is 11.0 Å². The highest BCUT2D eigenvalue weighted by atomic mass is 15.3. The van der Waals surface area contributed by atoms with Crippen LogP contribution in [0, 0.1) is 0 Å². The van der Waals surface area contributed by atoms with Gasteiger partial charge in [-0.3, -0.25) is 4.68 Å². The van der Waals surface area contributed by atoms with Gasteiger partial charge in [-0.15, -0.1) is 0 Å². The lowest BCUT2D eigenvalue weighted by Gasteiger charge is -2.10. The third kappa shape index (κ3) is 1.89. The van der Waals surface area contributed by atoms with Gasteiger partial charge >= 0.3 is 0 Å². The Hall–Kier alpha value is -2.14. The number of hydrogen-bond acceptors (Lipinski definition) is 3. The van der Waals surface area contributed by atoms with Crippen molar-refractivity contribution in [2.45, 2.75) is 12.6 Å². The third-order valence-corrected chi connectivity index (χ3v) is 3.03. The quantitative estimate of drug-likeness (QED) is 0.755. The Kier molecular flexibility index (Phi) is 2.60. The lowest BCUT2D eigenvalue weighted by Crippen LogP contribution is -2.18. The van der Waals surface area contributed by atoms with E-state index in [4.69, 9.17) is 5.73 Å². The molecule has 0 amide bonds. The van der Waals surface area contributed by atoms with E-state index in [0.717, 1.165) is 16.7 Å². The molecule has 1 unspecified atom stereocenters. The number of para-hydroxylation sites is 2. The summed E-state index contributed by atoms with van der Waals surface area (Å²) < 4.78 is 3.83. The molecule has 0 saturated carbocycles. The van der Waals surface area contributed by atoms with Gasteiger partial charge in [0.1, 0.15) is 0 Å². The van der Waals surface area contributed by atoms with E-state index in [1.54, 1.807) is 4.68 Å². The van der Waals surface area contributed by atoms with Gasteiger partial charge in [0.05, 0.1) is 29.1 Å². The highest BCUT2D eigenvalue weighted by Gasteiger charge is 2.11. The van der Waals surface area contributed by atoms with E-state index in [0.29, 0.717) is 6.54 Å². The zero-order valence-corrected chi connectivity index (χ0v) is 10.2. The minimum atomic E-state index is -0.121. The van der Waals surface area contributed by atoms with Crippen LogP contribution in [0.1, 0.15) is 11.7 Å². The molecule has 18 heavy (non-hydrogen) atoms. The number of aromatic nitrogens is 4. The average molecular weight is 241 g/mol. The van der Waals surface area contributed by atoms with Crippen molar-refractivity contribution in [1.82, 2.24) is 19.3 Å². The lowest BCUT2D eigenvalue weighted by molar-refractivity contribution is 0.564. The minimum Gasteiger partial charge on any atom is -0.329 e. The Morgan fingerprint density at radius 2 is 2.11 bits per heavy atom. The fourth-order valence-electron chi connectivity index (χ4n) is 2.09. The number of rotatable bonds is 3. The summed E-state index contributed by atoms with van der Waals surface area (Å²) in [6.45, 7) is 0.678. The van der Waals surface area contributed by atoms with Crippen molar-refractivity contribution >= 4 is 11.0 Å². The van der Waals surface area contributed by atoms with Gasteiger partial charge in [-0.05, 0) is 18.2 Å². The average Bonchev–Trinajstić information content (AvgIpc) is 2.97. The molecule has 5 nitrogen and oxygen atoms in total. The molecular weight excluding hydrogens is 226 g/mol. The molecule has 0 fully saturated rings. The molecule has 3 rings (SSSR count). The predicted octanol–water partition coefficient (Wildman–Crippen LogP) is 1.47. The van der Waals surface area contributed by atoms with Gasteiger partial charge < -0.3 is 10.3 Å². The normalized spacial score (nSPS) is 13.0. The molecule has 2 N–H and O–H groups in total. The molecule has 0 aliphatic rings. The molecule has 0 aliphatic heterocycles. The first-order valence-corrected chi connectivity index (χ1v) is 5.89. The number of hydrogen-bond donors (Lipinski definition) is 1. The standard InChI is InChI=1S/C13H15N5/c1-17-7-6-11(16-17)10(14)8-18-9-15-12-4-2-3-5-13(12)18/h2-7,9-10H,8,14H2,1H3. The van der Waals surface area contributed by atoms with Crippen molar-refractivity contribution in [1.29, 1.82) is 0 Å². The van der Waals surface area contributed by atoms with E-state index >= 15 is 0 Å². The molecule has 5 heteroatoms. The fraction of sp³-hybridized carbons (Fsp3) is 0.231. The Bertz CT molecular complexity index is 667. The molecule has 2 heterocycles. The zero-order chi connectivity index (χ0) is 12.5. The molecule has 0 saturated heterocycles. The first-order valence-electron chi connectivity index (χ1n) is 5.89. The lowest BCUT2D eigenvalue weighted by atomic mass is 10.2. The van der Waals surface area contributed by atoms with E-state index in [2.05, 4.69) is 14.6 Å². The van der Waals surface area contributed by atoms with Crippen LogP contribution in [0.3, 0.4) is 0 Å². The van der Waals surface area contributed by atoms with Crippen LogP contribution in [0.4, 0.5) is 0 Å². The topological polar surface area (TPSA) is 61.7 Å². The van der Waals surface area contributed by atoms with E-state index in [-0.39, 0.29) is 6.04 Å². The number of benzene rings is 1. The van der Waals surface area contributed by atoms with Gasteiger partial charge in [-0.25, -0.2) is 4.98 Å². The highest BCUT2D eigenvalue weighted by Crippen LogP contribution is 2.16. The molecule has 92 valence electrons. The van der Waals surface area contributed by atoms with Crippen LogP contribution in [-0.2, 0) is 13.6 Å². The summed E-state index contributed by atoms with van der Waals surface area (Å²) in [6.07, 6.45) is 3.73. The zero-order valence-electron chi connectivity index (χ0n) is 10.2. The van der Waals surface area contributed by atoms with Gasteiger partial charge in [-0.2, -0.15) is 5.10 Å². The highest BCUT2D eigenvalue weighted by molar-refractivity contribution is 5.74. The summed E-state index contributed by atoms with van der Waals surface area (Å²) in [5.41, 5.74) is 9.16. The van der Waals surface area contributed by atoms with Crippen LogP contribution < -0.4 is 5.73 Å². The maximum absolute atomic E-state index is 6.17. The predicted molar refractivity (Wildman–Crippen MR) is 69.9 cm³/mol. The summed E-state index contributed by atoms with van der Waals surface area (Å²) in [7, 11) is 1.89. The Morgan fingerprint density at radius 3 is 2.89 bits per heavy atom. The molecule has 0 radical (unpaired) electrons. The maximum atomic E-state index is 6.17. The van der Waals surface area contributed by atoms with Crippen LogP contribution in [0.5, 0.6) is 0 Å². The largest absolute Gasteiger partial charge is 0.329 e. The van der Waals surface area contributed by atoms with Crippen LogP contribution >= 0.6 is 0 Å².